The molecule has 0 aromatic rings. The summed E-state index contributed by atoms with van der Waals surface area (Å²) in [6.45, 7) is 6.65. The summed E-state index contributed by atoms with van der Waals surface area (Å²) in [6, 6.07) is 0. The van der Waals surface area contributed by atoms with Crippen LogP contribution in [0.3, 0.4) is 0 Å². The van der Waals surface area contributed by atoms with Crippen LogP contribution in [0.1, 0.15) is 40.0 Å². The third-order valence-electron chi connectivity index (χ3n) is 3.28. The van der Waals surface area contributed by atoms with Gasteiger partial charge < -0.3 is 5.73 Å². The monoisotopic (exact) mass is 235 g/mol. The molecule has 0 amide bonds. The molecule has 0 spiro atoms. The van der Waals surface area contributed by atoms with Gasteiger partial charge >= 0.3 is 0 Å². The number of hydrogen-bond donors (Lipinski definition) is 1. The number of nitrogens with two attached hydrogens (primary N) is 1. The summed E-state index contributed by atoms with van der Waals surface area (Å²) < 4.78 is 0. The largest absolute Gasteiger partial charge is 0.405 e. The van der Waals surface area contributed by atoms with Gasteiger partial charge in [0.25, 0.3) is 0 Å². The van der Waals surface area contributed by atoms with Crippen LogP contribution in [-0.4, -0.2) is 5.25 Å². The molecule has 2 unspecified atom stereocenters. The van der Waals surface area contributed by atoms with Gasteiger partial charge in [-0.05, 0) is 49.3 Å². The second-order valence-corrected chi connectivity index (χ2v) is 5.64. The lowest BCUT2D eigenvalue weighted by Crippen LogP contribution is -2.12. The van der Waals surface area contributed by atoms with Crippen LogP contribution >= 0.6 is 11.8 Å². The molecule has 1 nitrogen and oxygen atoms in total. The quantitative estimate of drug-likeness (QED) is 0.594. The molecule has 0 aromatic heterocycles. The van der Waals surface area contributed by atoms with Crippen LogP contribution in [0.25, 0.3) is 0 Å². The first-order valence-electron chi connectivity index (χ1n) is 5.80. The Balaban J connectivity index is 2.64. The van der Waals surface area contributed by atoms with Crippen molar-refractivity contribution in [1.29, 1.82) is 0 Å². The zero-order valence-electron chi connectivity index (χ0n) is 10.4. The number of allylic oxidation sites excluding steroid dienone is 2. The van der Waals surface area contributed by atoms with Crippen LogP contribution in [0, 0.1) is 18.3 Å². The van der Waals surface area contributed by atoms with Crippen molar-refractivity contribution in [2.45, 2.75) is 45.3 Å². The predicted molar refractivity (Wildman–Crippen MR) is 73.9 cm³/mol. The third kappa shape index (κ3) is 2.86. The van der Waals surface area contributed by atoms with E-state index in [9.17, 15) is 0 Å². The SMILES string of the molecule is C#CCCCC1=C(C)C(C)C(/C(C)=C\N)S1. The Kier molecular flexibility index (Phi) is 5.02. The van der Waals surface area contributed by atoms with Crippen molar-refractivity contribution in [3.8, 4) is 12.3 Å². The fourth-order valence-electron chi connectivity index (χ4n) is 2.02. The minimum atomic E-state index is 0.533. The van der Waals surface area contributed by atoms with Gasteiger partial charge in [-0.2, -0.15) is 0 Å². The van der Waals surface area contributed by atoms with Gasteiger partial charge in [-0.15, -0.1) is 24.1 Å². The van der Waals surface area contributed by atoms with Crippen molar-refractivity contribution < 1.29 is 0 Å². The molecule has 0 aromatic carbocycles. The van der Waals surface area contributed by atoms with Gasteiger partial charge in [-0.1, -0.05) is 12.5 Å². The zero-order valence-corrected chi connectivity index (χ0v) is 11.2. The summed E-state index contributed by atoms with van der Waals surface area (Å²) >= 11 is 1.97. The Morgan fingerprint density at radius 2 is 2.31 bits per heavy atom. The highest BCUT2D eigenvalue weighted by atomic mass is 32.2. The standard InChI is InChI=1S/C14H21NS/c1-5-6-7-8-13-11(3)12(4)14(16-13)10(2)9-15/h1,9,12,14H,6-8,15H2,2-4H3/b10-9-. The molecule has 0 saturated heterocycles. The lowest BCUT2D eigenvalue weighted by atomic mass is 9.94. The molecule has 0 fully saturated rings. The predicted octanol–water partition coefficient (Wildman–Crippen LogP) is 3.68. The average molecular weight is 235 g/mol. The van der Waals surface area contributed by atoms with Gasteiger partial charge in [0.1, 0.15) is 0 Å². The third-order valence-corrected chi connectivity index (χ3v) is 5.13. The maximum absolute atomic E-state index is 5.61. The summed E-state index contributed by atoms with van der Waals surface area (Å²) in [6.07, 6.45) is 10.1. The molecule has 1 rings (SSSR count). The molecule has 1 heterocycles. The van der Waals surface area contributed by atoms with Crippen LogP contribution in [0.15, 0.2) is 22.3 Å². The van der Waals surface area contributed by atoms with Crippen LogP contribution in [-0.2, 0) is 0 Å². The van der Waals surface area contributed by atoms with Crippen molar-refractivity contribution in [3.05, 3.63) is 22.3 Å². The first-order chi connectivity index (χ1) is 7.61. The second-order valence-electron chi connectivity index (χ2n) is 4.40. The van der Waals surface area contributed by atoms with Gasteiger partial charge in [0, 0.05) is 11.7 Å². The Hall–Kier alpha value is -0.810. The van der Waals surface area contributed by atoms with Crippen molar-refractivity contribution >= 4 is 11.8 Å². The molecule has 1 aliphatic heterocycles. The maximum atomic E-state index is 5.61. The Labute approximate surface area is 104 Å². The van der Waals surface area contributed by atoms with Gasteiger partial charge in [0.2, 0.25) is 0 Å². The fraction of sp³-hybridized carbons (Fsp3) is 0.571. The number of terminal acetylenes is 1. The summed E-state index contributed by atoms with van der Waals surface area (Å²) in [7, 11) is 0. The molecule has 88 valence electrons. The van der Waals surface area contributed by atoms with E-state index in [1.54, 1.807) is 6.20 Å². The van der Waals surface area contributed by atoms with Crippen LogP contribution in [0.5, 0.6) is 0 Å². The van der Waals surface area contributed by atoms with Crippen molar-refractivity contribution in [3.63, 3.8) is 0 Å². The van der Waals surface area contributed by atoms with E-state index in [1.165, 1.54) is 16.1 Å². The molecule has 2 N–H and O–H groups in total. The molecule has 0 aliphatic carbocycles. The molecule has 0 bridgehead atoms. The lowest BCUT2D eigenvalue weighted by molar-refractivity contribution is 0.695. The molecule has 2 atom stereocenters. The minimum absolute atomic E-state index is 0.533. The van der Waals surface area contributed by atoms with Crippen LogP contribution < -0.4 is 5.73 Å². The fourth-order valence-corrected chi connectivity index (χ4v) is 3.63. The first kappa shape index (κ1) is 13.3. The van der Waals surface area contributed by atoms with Gasteiger partial charge in [0.05, 0.1) is 0 Å². The topological polar surface area (TPSA) is 26.0 Å². The summed E-state index contributed by atoms with van der Waals surface area (Å²) in [5.74, 6) is 3.30. The van der Waals surface area contributed by atoms with E-state index >= 15 is 0 Å². The van der Waals surface area contributed by atoms with E-state index < -0.39 is 0 Å². The smallest absolute Gasteiger partial charge is 0.0377 e. The lowest BCUT2D eigenvalue weighted by Gasteiger charge is -2.16. The van der Waals surface area contributed by atoms with Crippen molar-refractivity contribution in [1.82, 2.24) is 0 Å². The highest BCUT2D eigenvalue weighted by Crippen LogP contribution is 2.46. The van der Waals surface area contributed by atoms with E-state index in [1.807, 2.05) is 11.8 Å². The zero-order chi connectivity index (χ0) is 12.1. The number of thioether (sulfide) groups is 1. The molecular formula is C14H21NS. The van der Waals surface area contributed by atoms with E-state index in [4.69, 9.17) is 12.2 Å². The van der Waals surface area contributed by atoms with Gasteiger partial charge in [-0.25, -0.2) is 0 Å². The normalized spacial score (nSPS) is 26.0. The van der Waals surface area contributed by atoms with E-state index in [0.29, 0.717) is 11.2 Å². The highest BCUT2D eigenvalue weighted by molar-refractivity contribution is 8.04. The molecular weight excluding hydrogens is 214 g/mol. The maximum Gasteiger partial charge on any atom is 0.0377 e. The molecule has 16 heavy (non-hydrogen) atoms. The van der Waals surface area contributed by atoms with Gasteiger partial charge in [0.15, 0.2) is 0 Å². The Bertz CT molecular complexity index is 346. The van der Waals surface area contributed by atoms with E-state index in [0.717, 1.165) is 19.3 Å². The second kappa shape index (κ2) is 6.06. The van der Waals surface area contributed by atoms with Crippen LogP contribution in [0.2, 0.25) is 0 Å². The number of rotatable bonds is 4. The van der Waals surface area contributed by atoms with E-state index in [2.05, 4.69) is 26.7 Å². The van der Waals surface area contributed by atoms with Gasteiger partial charge in [-0.3, -0.25) is 0 Å². The van der Waals surface area contributed by atoms with Crippen molar-refractivity contribution in [2.24, 2.45) is 11.7 Å². The highest BCUT2D eigenvalue weighted by Gasteiger charge is 2.30. The molecule has 0 saturated carbocycles. The number of unbranched alkanes of at least 4 members (excludes halogenated alkanes) is 1. The minimum Gasteiger partial charge on any atom is -0.405 e. The summed E-state index contributed by atoms with van der Waals surface area (Å²) in [4.78, 5) is 1.52. The van der Waals surface area contributed by atoms with Crippen LogP contribution in [0.4, 0.5) is 0 Å². The molecule has 0 radical (unpaired) electrons. The Morgan fingerprint density at radius 1 is 1.62 bits per heavy atom. The Morgan fingerprint density at radius 3 is 2.88 bits per heavy atom. The first-order valence-corrected chi connectivity index (χ1v) is 6.68. The molecule has 1 aliphatic rings. The summed E-state index contributed by atoms with van der Waals surface area (Å²) in [5, 5.41) is 0.533. The summed E-state index contributed by atoms with van der Waals surface area (Å²) in [5.41, 5.74) is 8.41. The average Bonchev–Trinajstić information content (AvgIpc) is 2.57. The van der Waals surface area contributed by atoms with E-state index in [-0.39, 0.29) is 0 Å². The number of hydrogen-bond acceptors (Lipinski definition) is 2. The van der Waals surface area contributed by atoms with Crippen molar-refractivity contribution in [2.75, 3.05) is 0 Å². The molecule has 2 heteroatoms.